The highest BCUT2D eigenvalue weighted by atomic mass is 16.6. The molecule has 0 amide bonds. The Morgan fingerprint density at radius 3 is 2.71 bits per heavy atom. The summed E-state index contributed by atoms with van der Waals surface area (Å²) in [5.74, 6) is -1.45. The van der Waals surface area contributed by atoms with Crippen LogP contribution in [0, 0.1) is 10.1 Å². The van der Waals surface area contributed by atoms with Gasteiger partial charge in [0.2, 0.25) is 0 Å². The highest BCUT2D eigenvalue weighted by Crippen LogP contribution is 2.11. The van der Waals surface area contributed by atoms with E-state index in [-0.39, 0.29) is 11.3 Å². The van der Waals surface area contributed by atoms with Crippen LogP contribution in [0.4, 0.5) is 5.69 Å². The third-order valence-corrected chi connectivity index (χ3v) is 2.79. The minimum atomic E-state index is -1.30. The van der Waals surface area contributed by atoms with Crippen molar-refractivity contribution in [2.24, 2.45) is 7.05 Å². The van der Waals surface area contributed by atoms with Crippen LogP contribution in [0.2, 0.25) is 0 Å². The summed E-state index contributed by atoms with van der Waals surface area (Å²) in [4.78, 5) is 44.6. The molecule has 0 aliphatic carbocycles. The zero-order chi connectivity index (χ0) is 15.7. The van der Waals surface area contributed by atoms with Gasteiger partial charge in [0.25, 0.3) is 0 Å². The van der Waals surface area contributed by atoms with Crippen molar-refractivity contribution in [1.29, 1.82) is 0 Å². The first kappa shape index (κ1) is 14.2. The molecule has 0 bridgehead atoms. The van der Waals surface area contributed by atoms with Gasteiger partial charge in [0.15, 0.2) is 0 Å². The lowest BCUT2D eigenvalue weighted by Crippen LogP contribution is -2.39. The smallest absolute Gasteiger partial charge is 0.350 e. The van der Waals surface area contributed by atoms with Gasteiger partial charge >= 0.3 is 22.9 Å². The Bertz CT molecular complexity index is 842. The number of hydrogen-bond acceptors (Lipinski definition) is 6. The number of aromatic carboxylic acids is 1. The minimum Gasteiger partial charge on any atom is -0.478 e. The number of aromatic nitrogens is 2. The van der Waals surface area contributed by atoms with E-state index in [0.717, 1.165) is 23.1 Å². The van der Waals surface area contributed by atoms with E-state index in [1.165, 1.54) is 7.05 Å². The average molecular weight is 295 g/mol. The Labute approximate surface area is 115 Å². The van der Waals surface area contributed by atoms with Crippen molar-refractivity contribution in [3.8, 4) is 0 Å². The number of nitro groups is 1. The molecule has 2 rings (SSSR count). The monoisotopic (exact) mass is 295 g/mol. The van der Waals surface area contributed by atoms with Crippen LogP contribution in [0.15, 0.2) is 32.5 Å². The minimum absolute atomic E-state index is 0.151. The fourth-order valence-electron chi connectivity index (χ4n) is 1.77. The van der Waals surface area contributed by atoms with Gasteiger partial charge < -0.3 is 9.52 Å². The second-order valence-corrected chi connectivity index (χ2v) is 4.12. The summed E-state index contributed by atoms with van der Waals surface area (Å²) in [5.41, 5.74) is -2.97. The standard InChI is InChI=1S/C11H9N3O7/c1-12-4-7(14(19)20)9(15)13(11(12)18)5-8-6(10(16)17)2-3-21-8/h2-4H,5H2,1H3,(H,16,17). The number of nitrogens with zero attached hydrogens (tertiary/aromatic N) is 3. The van der Waals surface area contributed by atoms with Gasteiger partial charge in [-0.2, -0.15) is 0 Å². The Kier molecular flexibility index (Phi) is 3.44. The third kappa shape index (κ3) is 2.45. The van der Waals surface area contributed by atoms with E-state index in [1.54, 1.807) is 0 Å². The van der Waals surface area contributed by atoms with E-state index in [2.05, 4.69) is 0 Å². The fraction of sp³-hybridized carbons (Fsp3) is 0.182. The molecule has 110 valence electrons. The van der Waals surface area contributed by atoms with E-state index in [1.807, 2.05) is 0 Å². The Balaban J connectivity index is 2.62. The van der Waals surface area contributed by atoms with Crippen LogP contribution >= 0.6 is 0 Å². The summed E-state index contributed by atoms with van der Waals surface area (Å²) in [6.07, 6.45) is 1.90. The molecule has 0 saturated heterocycles. The van der Waals surface area contributed by atoms with Crippen LogP contribution in [-0.2, 0) is 13.6 Å². The van der Waals surface area contributed by atoms with Gasteiger partial charge in [0, 0.05) is 7.05 Å². The molecule has 0 aromatic carbocycles. The molecule has 0 saturated carbocycles. The largest absolute Gasteiger partial charge is 0.478 e. The molecule has 0 aliphatic heterocycles. The van der Waals surface area contributed by atoms with Gasteiger partial charge in [-0.15, -0.1) is 0 Å². The molecule has 10 heteroatoms. The molecular weight excluding hydrogens is 286 g/mol. The van der Waals surface area contributed by atoms with Crippen LogP contribution in [0.25, 0.3) is 0 Å². The van der Waals surface area contributed by atoms with Crippen molar-refractivity contribution in [3.63, 3.8) is 0 Å². The second-order valence-electron chi connectivity index (χ2n) is 4.12. The molecule has 0 fully saturated rings. The molecule has 0 atom stereocenters. The lowest BCUT2D eigenvalue weighted by atomic mass is 10.2. The van der Waals surface area contributed by atoms with Gasteiger partial charge in [-0.05, 0) is 6.07 Å². The molecule has 0 radical (unpaired) electrons. The third-order valence-electron chi connectivity index (χ3n) is 2.79. The first-order chi connectivity index (χ1) is 9.82. The summed E-state index contributed by atoms with van der Waals surface area (Å²) in [5, 5.41) is 19.7. The van der Waals surface area contributed by atoms with E-state index < -0.39 is 34.4 Å². The van der Waals surface area contributed by atoms with Crippen LogP contribution < -0.4 is 11.2 Å². The van der Waals surface area contributed by atoms with Gasteiger partial charge in [0.1, 0.15) is 11.3 Å². The summed E-state index contributed by atoms with van der Waals surface area (Å²) in [6.45, 7) is -0.512. The van der Waals surface area contributed by atoms with Gasteiger partial charge in [-0.25, -0.2) is 14.2 Å². The summed E-state index contributed by atoms with van der Waals surface area (Å²) in [6, 6.07) is 1.16. The van der Waals surface area contributed by atoms with Crippen molar-refractivity contribution in [1.82, 2.24) is 9.13 Å². The van der Waals surface area contributed by atoms with Crippen molar-refractivity contribution in [2.45, 2.75) is 6.54 Å². The quantitative estimate of drug-likeness (QED) is 0.608. The summed E-state index contributed by atoms with van der Waals surface area (Å²) < 4.78 is 6.33. The topological polar surface area (TPSA) is 138 Å². The number of aryl methyl sites for hydroxylation is 1. The maximum atomic E-state index is 11.9. The number of carbonyl (C=O) groups is 1. The lowest BCUT2D eigenvalue weighted by molar-refractivity contribution is -0.387. The fourth-order valence-corrected chi connectivity index (χ4v) is 1.77. The molecule has 0 aliphatic rings. The average Bonchev–Trinajstić information content (AvgIpc) is 2.86. The zero-order valence-corrected chi connectivity index (χ0v) is 10.7. The number of hydrogen-bond donors (Lipinski definition) is 1. The summed E-state index contributed by atoms with van der Waals surface area (Å²) >= 11 is 0. The number of carboxylic acid groups (broad SMARTS) is 1. The molecule has 21 heavy (non-hydrogen) atoms. The van der Waals surface area contributed by atoms with E-state index in [0.29, 0.717) is 4.57 Å². The molecule has 1 N–H and O–H groups in total. The lowest BCUT2D eigenvalue weighted by Gasteiger charge is -2.06. The van der Waals surface area contributed by atoms with Crippen LogP contribution in [0.1, 0.15) is 16.1 Å². The predicted octanol–water partition coefficient (Wildman–Crippen LogP) is -0.205. The maximum Gasteiger partial charge on any atom is 0.350 e. The Hall–Kier alpha value is -3.17. The van der Waals surface area contributed by atoms with Crippen LogP contribution in [0.3, 0.4) is 0 Å². The normalized spacial score (nSPS) is 10.5. The van der Waals surface area contributed by atoms with E-state index in [4.69, 9.17) is 9.52 Å². The number of rotatable bonds is 4. The first-order valence-corrected chi connectivity index (χ1v) is 5.57. The maximum absolute atomic E-state index is 11.9. The highest BCUT2D eigenvalue weighted by Gasteiger charge is 2.21. The molecular formula is C11H9N3O7. The SMILES string of the molecule is Cn1cc([N+](=O)[O-])c(=O)n(Cc2occc2C(=O)O)c1=O. The Morgan fingerprint density at radius 1 is 1.48 bits per heavy atom. The highest BCUT2D eigenvalue weighted by molar-refractivity contribution is 5.88. The predicted molar refractivity (Wildman–Crippen MR) is 67.4 cm³/mol. The van der Waals surface area contributed by atoms with Gasteiger partial charge in [0.05, 0.1) is 23.9 Å². The molecule has 10 nitrogen and oxygen atoms in total. The van der Waals surface area contributed by atoms with Crippen molar-refractivity contribution < 1.29 is 19.2 Å². The zero-order valence-electron chi connectivity index (χ0n) is 10.7. The second kappa shape index (κ2) is 5.07. The van der Waals surface area contributed by atoms with Crippen molar-refractivity contribution in [3.05, 3.63) is 60.8 Å². The van der Waals surface area contributed by atoms with Crippen LogP contribution in [-0.4, -0.2) is 25.1 Å². The van der Waals surface area contributed by atoms with Crippen LogP contribution in [0.5, 0.6) is 0 Å². The van der Waals surface area contributed by atoms with Crippen molar-refractivity contribution >= 4 is 11.7 Å². The van der Waals surface area contributed by atoms with Gasteiger partial charge in [-0.3, -0.25) is 19.5 Å². The number of carboxylic acids is 1. The Morgan fingerprint density at radius 2 is 2.14 bits per heavy atom. The molecule has 2 aromatic rings. The molecule has 2 heterocycles. The molecule has 0 unspecified atom stereocenters. The number of furan rings is 1. The van der Waals surface area contributed by atoms with Crippen molar-refractivity contribution in [2.75, 3.05) is 0 Å². The van der Waals surface area contributed by atoms with E-state index in [9.17, 15) is 24.5 Å². The molecule has 2 aromatic heterocycles. The molecule has 0 spiro atoms. The summed E-state index contributed by atoms with van der Waals surface area (Å²) in [7, 11) is 1.24. The van der Waals surface area contributed by atoms with Gasteiger partial charge in [-0.1, -0.05) is 0 Å². The van der Waals surface area contributed by atoms with E-state index >= 15 is 0 Å². The first-order valence-electron chi connectivity index (χ1n) is 5.57.